The molecule has 1 unspecified atom stereocenters. The number of aryl methyl sites for hydroxylation is 1. The molecule has 2 aromatic carbocycles. The van der Waals surface area contributed by atoms with Crippen molar-refractivity contribution >= 4 is 47.4 Å². The van der Waals surface area contributed by atoms with Gasteiger partial charge < -0.3 is 46.2 Å². The number of carbonyl (C=O) groups is 8. The van der Waals surface area contributed by atoms with E-state index in [9.17, 15) is 53.7 Å². The lowest BCUT2D eigenvalue weighted by Crippen LogP contribution is -2.61. The van der Waals surface area contributed by atoms with Crippen LogP contribution in [0.25, 0.3) is 0 Å². The predicted molar refractivity (Wildman–Crippen MR) is 220 cm³/mol. The third-order valence-corrected chi connectivity index (χ3v) is 9.85. The molecule has 0 fully saturated rings. The van der Waals surface area contributed by atoms with Crippen molar-refractivity contribution in [1.29, 1.82) is 0 Å². The fourth-order valence-electron chi connectivity index (χ4n) is 6.36. The summed E-state index contributed by atoms with van der Waals surface area (Å²) >= 11 is 0. The Morgan fingerprint density at radius 1 is 0.700 bits per heavy atom. The molecule has 0 saturated heterocycles. The second kappa shape index (κ2) is 24.8. The normalized spacial score (nSPS) is 14.1. The van der Waals surface area contributed by atoms with Crippen molar-refractivity contribution in [3.8, 4) is 5.75 Å². The van der Waals surface area contributed by atoms with E-state index in [4.69, 9.17) is 4.74 Å². The first kappa shape index (κ1) is 50.1. The predicted octanol–water partition coefficient (Wildman–Crippen LogP) is 2.57. The van der Waals surface area contributed by atoms with Gasteiger partial charge in [-0.1, -0.05) is 90.4 Å². The van der Waals surface area contributed by atoms with E-state index in [0.717, 1.165) is 5.56 Å². The number of nitrogens with one attached hydrogen (secondary N) is 4. The van der Waals surface area contributed by atoms with Crippen LogP contribution in [0, 0.1) is 17.8 Å². The number of ether oxygens (including phenoxy) is 1. The average Bonchev–Trinajstić information content (AvgIpc) is 3.18. The molecule has 330 valence electrons. The number of esters is 1. The van der Waals surface area contributed by atoms with E-state index >= 15 is 0 Å². The number of phenols is 1. The highest BCUT2D eigenvalue weighted by Crippen LogP contribution is 2.17. The van der Waals surface area contributed by atoms with Crippen molar-refractivity contribution in [3.63, 3.8) is 0 Å². The number of carboxylic acids is 2. The standard InChI is InChI=1S/C43H61N5O12/c1-8-27(6)37(47-42(57)38(26(4)5)48(7)34(50)22-29-16-18-30(49)19-17-29)41(56)45-32(24-36(53)60-20-12-15-28-13-10-9-11-14-28)40(55)44-31(23-35(51)52)39(54)46-33(43(58)59)21-25(2)3/h9-11,13-14,16-19,25-27,31-33,37-38,49H,8,12,15,20-24H2,1-7H3,(H,44,55)(H,45,56)(H,46,54)(H,47,57)(H,51,52)(H,58,59)/t27-,31-,32?,33-,37-,38-/m0/s1. The number of benzene rings is 2. The zero-order chi connectivity index (χ0) is 45.1. The highest BCUT2D eigenvalue weighted by atomic mass is 16.5. The number of phenolic OH excluding ortho intramolecular Hbond substituents is 1. The van der Waals surface area contributed by atoms with Crippen LogP contribution < -0.4 is 21.3 Å². The third-order valence-electron chi connectivity index (χ3n) is 9.85. The molecule has 60 heavy (non-hydrogen) atoms. The van der Waals surface area contributed by atoms with E-state index in [1.165, 1.54) is 24.1 Å². The number of carbonyl (C=O) groups excluding carboxylic acids is 6. The molecule has 0 saturated carbocycles. The molecule has 0 spiro atoms. The van der Waals surface area contributed by atoms with E-state index in [0.29, 0.717) is 24.8 Å². The Morgan fingerprint density at radius 2 is 1.27 bits per heavy atom. The average molecular weight is 840 g/mol. The molecule has 17 nitrogen and oxygen atoms in total. The highest BCUT2D eigenvalue weighted by molar-refractivity contribution is 5.98. The van der Waals surface area contributed by atoms with Gasteiger partial charge in [0.15, 0.2) is 0 Å². The summed E-state index contributed by atoms with van der Waals surface area (Å²) in [6.45, 7) is 10.3. The Kier molecular flexibility index (Phi) is 20.7. The summed E-state index contributed by atoms with van der Waals surface area (Å²) in [7, 11) is 1.46. The number of carboxylic acid groups (broad SMARTS) is 2. The SMILES string of the molecule is CC[C@H](C)[C@H](NC(=O)[C@H](C(C)C)N(C)C(=O)Cc1ccc(O)cc1)C(=O)NC(CC(=O)OCCCc1ccccc1)C(=O)N[C@@H](CC(=O)O)C(=O)N[C@@H](CC(C)C)C(=O)O. The van der Waals surface area contributed by atoms with Crippen LogP contribution in [-0.2, 0) is 55.9 Å². The van der Waals surface area contributed by atoms with Crippen LogP contribution in [0.3, 0.4) is 0 Å². The summed E-state index contributed by atoms with van der Waals surface area (Å²) in [5, 5.41) is 38.6. The Balaban J connectivity index is 2.37. The summed E-state index contributed by atoms with van der Waals surface area (Å²) in [4.78, 5) is 107. The molecule has 5 amide bonds. The number of aliphatic carboxylic acids is 2. The summed E-state index contributed by atoms with van der Waals surface area (Å²) < 4.78 is 5.38. The van der Waals surface area contributed by atoms with Gasteiger partial charge in [-0.3, -0.25) is 33.6 Å². The van der Waals surface area contributed by atoms with Crippen LogP contribution in [0.4, 0.5) is 0 Å². The lowest BCUT2D eigenvalue weighted by Gasteiger charge is -2.33. The lowest BCUT2D eigenvalue weighted by molar-refractivity contribution is -0.148. The maximum absolute atomic E-state index is 14.1. The Morgan fingerprint density at radius 3 is 1.80 bits per heavy atom. The van der Waals surface area contributed by atoms with Gasteiger partial charge in [-0.2, -0.15) is 0 Å². The van der Waals surface area contributed by atoms with Crippen LogP contribution in [0.1, 0.15) is 84.8 Å². The molecule has 0 heterocycles. The third kappa shape index (κ3) is 17.1. The number of aromatic hydroxyl groups is 1. The van der Waals surface area contributed by atoms with Gasteiger partial charge in [0.1, 0.15) is 36.0 Å². The fraction of sp³-hybridized carbons (Fsp3) is 0.535. The number of amides is 5. The van der Waals surface area contributed by atoms with Gasteiger partial charge in [-0.15, -0.1) is 0 Å². The highest BCUT2D eigenvalue weighted by Gasteiger charge is 2.37. The van der Waals surface area contributed by atoms with E-state index in [1.54, 1.807) is 53.7 Å². The molecule has 0 aliphatic carbocycles. The number of likely N-dealkylation sites (N-methyl/N-ethyl adjacent to an activating group) is 1. The molecular formula is C43H61N5O12. The van der Waals surface area contributed by atoms with Crippen molar-refractivity contribution in [3.05, 3.63) is 65.7 Å². The summed E-state index contributed by atoms with van der Waals surface area (Å²) in [6.07, 6.45) is -0.393. The first-order valence-electron chi connectivity index (χ1n) is 20.1. The Hall–Kier alpha value is -6.00. The van der Waals surface area contributed by atoms with Crippen molar-refractivity contribution in [2.24, 2.45) is 17.8 Å². The van der Waals surface area contributed by atoms with Crippen molar-refractivity contribution in [2.45, 2.75) is 117 Å². The van der Waals surface area contributed by atoms with Crippen LogP contribution >= 0.6 is 0 Å². The van der Waals surface area contributed by atoms with Crippen molar-refractivity contribution in [2.75, 3.05) is 13.7 Å². The summed E-state index contributed by atoms with van der Waals surface area (Å²) in [6, 6.07) is 8.17. The minimum Gasteiger partial charge on any atom is -0.508 e. The Bertz CT molecular complexity index is 1770. The zero-order valence-electron chi connectivity index (χ0n) is 35.4. The minimum absolute atomic E-state index is 0.00631. The number of hydrogen-bond acceptors (Lipinski definition) is 10. The smallest absolute Gasteiger partial charge is 0.326 e. The van der Waals surface area contributed by atoms with Gasteiger partial charge in [0.25, 0.3) is 0 Å². The molecule has 2 rings (SSSR count). The molecule has 7 N–H and O–H groups in total. The first-order chi connectivity index (χ1) is 28.2. The number of nitrogens with zero attached hydrogens (tertiary/aromatic N) is 1. The largest absolute Gasteiger partial charge is 0.508 e. The van der Waals surface area contributed by atoms with Gasteiger partial charge in [-0.25, -0.2) is 4.79 Å². The summed E-state index contributed by atoms with van der Waals surface area (Å²) in [5.41, 5.74) is 1.61. The van der Waals surface area contributed by atoms with Gasteiger partial charge in [0.2, 0.25) is 29.5 Å². The Labute approximate surface area is 351 Å². The monoisotopic (exact) mass is 839 g/mol. The first-order valence-corrected chi connectivity index (χ1v) is 20.1. The number of hydrogen-bond donors (Lipinski definition) is 7. The van der Waals surface area contributed by atoms with E-state index in [-0.39, 0.29) is 31.1 Å². The van der Waals surface area contributed by atoms with Crippen LogP contribution in [0.15, 0.2) is 54.6 Å². The second-order valence-electron chi connectivity index (χ2n) is 15.7. The zero-order valence-corrected chi connectivity index (χ0v) is 35.4. The van der Waals surface area contributed by atoms with Gasteiger partial charge >= 0.3 is 17.9 Å². The fourth-order valence-corrected chi connectivity index (χ4v) is 6.36. The molecule has 0 bridgehead atoms. The maximum Gasteiger partial charge on any atom is 0.326 e. The quantitative estimate of drug-likeness (QED) is 0.0563. The van der Waals surface area contributed by atoms with E-state index < -0.39 is 102 Å². The van der Waals surface area contributed by atoms with Crippen molar-refractivity contribution in [1.82, 2.24) is 26.2 Å². The van der Waals surface area contributed by atoms with Crippen LogP contribution in [0.5, 0.6) is 5.75 Å². The van der Waals surface area contributed by atoms with Crippen LogP contribution in [-0.4, -0.2) is 112 Å². The maximum atomic E-state index is 14.1. The van der Waals surface area contributed by atoms with Crippen molar-refractivity contribution < 1.29 is 58.4 Å². The van der Waals surface area contributed by atoms with Gasteiger partial charge in [-0.05, 0) is 60.3 Å². The molecule has 0 aromatic heterocycles. The lowest BCUT2D eigenvalue weighted by atomic mass is 9.95. The van der Waals surface area contributed by atoms with Gasteiger partial charge in [0, 0.05) is 7.05 Å². The molecule has 0 radical (unpaired) electrons. The van der Waals surface area contributed by atoms with Crippen LogP contribution in [0.2, 0.25) is 0 Å². The molecule has 0 aliphatic rings. The topological polar surface area (TPSA) is 258 Å². The minimum atomic E-state index is -1.81. The molecule has 6 atom stereocenters. The molecule has 2 aromatic rings. The molecule has 0 aliphatic heterocycles. The molecule has 17 heteroatoms. The van der Waals surface area contributed by atoms with E-state index in [2.05, 4.69) is 21.3 Å². The molecular weight excluding hydrogens is 778 g/mol. The number of rotatable bonds is 25. The second-order valence-corrected chi connectivity index (χ2v) is 15.7. The van der Waals surface area contributed by atoms with E-state index in [1.807, 2.05) is 30.3 Å². The summed E-state index contributed by atoms with van der Waals surface area (Å²) in [5.74, 6) is -9.11. The van der Waals surface area contributed by atoms with Gasteiger partial charge in [0.05, 0.1) is 25.9 Å².